The number of rotatable bonds is 6. The molecule has 1 amide bonds. The molecule has 1 fully saturated rings. The predicted molar refractivity (Wildman–Crippen MR) is 88.8 cm³/mol. The van der Waals surface area contributed by atoms with E-state index in [1.54, 1.807) is 24.3 Å². The summed E-state index contributed by atoms with van der Waals surface area (Å²) in [5.41, 5.74) is 0.974. The van der Waals surface area contributed by atoms with Crippen molar-refractivity contribution < 1.29 is 9.53 Å². The number of nitrogens with one attached hydrogen (secondary N) is 2. The van der Waals surface area contributed by atoms with E-state index in [1.165, 1.54) is 12.8 Å². The molecule has 0 unspecified atom stereocenters. The first kappa shape index (κ1) is 15.3. The highest BCUT2D eigenvalue weighted by atomic mass is 16.5. The third kappa shape index (κ3) is 4.42. The Morgan fingerprint density at radius 2 is 1.87 bits per heavy atom. The van der Waals surface area contributed by atoms with Crippen LogP contribution in [0.4, 0.5) is 11.5 Å². The van der Waals surface area contributed by atoms with Crippen molar-refractivity contribution in [3.05, 3.63) is 42.1 Å². The average Bonchev–Trinajstić information content (AvgIpc) is 3.33. The van der Waals surface area contributed by atoms with Crippen molar-refractivity contribution in [3.63, 3.8) is 0 Å². The highest BCUT2D eigenvalue weighted by Crippen LogP contribution is 2.23. The first-order valence-corrected chi connectivity index (χ1v) is 7.78. The molecule has 6 heteroatoms. The number of nitrogens with zero attached hydrogens (tertiary/aromatic N) is 2. The molecule has 0 atom stereocenters. The standard InChI is InChI=1S/C17H20N4O2/c1-11(2)23-14-7-5-13(6-8-14)19-17(22)15-9-10-16(21-20-15)18-12-3-4-12/h5-12H,3-4H2,1-2H3,(H,18,21)(H,19,22). The van der Waals surface area contributed by atoms with Gasteiger partial charge < -0.3 is 15.4 Å². The first-order valence-electron chi connectivity index (χ1n) is 7.78. The van der Waals surface area contributed by atoms with Gasteiger partial charge in [-0.05, 0) is 63.1 Å². The summed E-state index contributed by atoms with van der Waals surface area (Å²) in [5.74, 6) is 1.19. The minimum atomic E-state index is -0.284. The minimum absolute atomic E-state index is 0.119. The summed E-state index contributed by atoms with van der Waals surface area (Å²) in [4.78, 5) is 12.2. The second-order valence-corrected chi connectivity index (χ2v) is 5.87. The highest BCUT2D eigenvalue weighted by Gasteiger charge is 2.21. The third-order valence-corrected chi connectivity index (χ3v) is 3.31. The van der Waals surface area contributed by atoms with Crippen molar-refractivity contribution >= 4 is 17.4 Å². The highest BCUT2D eigenvalue weighted by molar-refractivity contribution is 6.02. The Morgan fingerprint density at radius 1 is 1.13 bits per heavy atom. The zero-order valence-electron chi connectivity index (χ0n) is 13.2. The van der Waals surface area contributed by atoms with Crippen molar-refractivity contribution in [2.24, 2.45) is 0 Å². The monoisotopic (exact) mass is 312 g/mol. The molecule has 0 radical (unpaired) electrons. The number of carbonyl (C=O) groups excluding carboxylic acids is 1. The van der Waals surface area contributed by atoms with Gasteiger partial charge in [-0.2, -0.15) is 0 Å². The SMILES string of the molecule is CC(C)Oc1ccc(NC(=O)c2ccc(NC3CC3)nn2)cc1. The van der Waals surface area contributed by atoms with Crippen molar-refractivity contribution in [2.75, 3.05) is 10.6 Å². The van der Waals surface area contributed by atoms with E-state index in [-0.39, 0.29) is 17.7 Å². The van der Waals surface area contributed by atoms with E-state index in [0.717, 1.165) is 5.75 Å². The molecule has 6 nitrogen and oxygen atoms in total. The summed E-state index contributed by atoms with van der Waals surface area (Å²) < 4.78 is 5.57. The van der Waals surface area contributed by atoms with Crippen LogP contribution in [0.25, 0.3) is 0 Å². The number of anilines is 2. The zero-order valence-corrected chi connectivity index (χ0v) is 13.2. The molecule has 1 aliphatic carbocycles. The number of benzene rings is 1. The van der Waals surface area contributed by atoms with Crippen molar-refractivity contribution in [1.82, 2.24) is 10.2 Å². The van der Waals surface area contributed by atoms with Crippen LogP contribution in [-0.4, -0.2) is 28.3 Å². The lowest BCUT2D eigenvalue weighted by atomic mass is 10.3. The van der Waals surface area contributed by atoms with Crippen LogP contribution in [0, 0.1) is 0 Å². The molecular weight excluding hydrogens is 292 g/mol. The van der Waals surface area contributed by atoms with Crippen LogP contribution in [0.5, 0.6) is 5.75 Å². The van der Waals surface area contributed by atoms with Gasteiger partial charge in [0, 0.05) is 11.7 Å². The van der Waals surface area contributed by atoms with Crippen molar-refractivity contribution in [3.8, 4) is 5.75 Å². The fourth-order valence-electron chi connectivity index (χ4n) is 2.05. The van der Waals surface area contributed by atoms with Crippen LogP contribution in [0.2, 0.25) is 0 Å². The smallest absolute Gasteiger partial charge is 0.276 e. The fourth-order valence-corrected chi connectivity index (χ4v) is 2.05. The number of amides is 1. The summed E-state index contributed by atoms with van der Waals surface area (Å²) >= 11 is 0. The Bertz CT molecular complexity index is 664. The largest absolute Gasteiger partial charge is 0.491 e. The number of hydrogen-bond acceptors (Lipinski definition) is 5. The normalized spacial score (nSPS) is 13.7. The Morgan fingerprint density at radius 3 is 2.43 bits per heavy atom. The van der Waals surface area contributed by atoms with Crippen LogP contribution < -0.4 is 15.4 Å². The number of hydrogen-bond donors (Lipinski definition) is 2. The van der Waals surface area contributed by atoms with E-state index >= 15 is 0 Å². The topological polar surface area (TPSA) is 76.1 Å². The third-order valence-electron chi connectivity index (χ3n) is 3.31. The molecule has 1 aliphatic rings. The molecule has 1 saturated carbocycles. The van der Waals surface area contributed by atoms with E-state index in [9.17, 15) is 4.79 Å². The minimum Gasteiger partial charge on any atom is -0.491 e. The lowest BCUT2D eigenvalue weighted by Crippen LogP contribution is -2.15. The Balaban J connectivity index is 1.59. The van der Waals surface area contributed by atoms with Crippen molar-refractivity contribution in [1.29, 1.82) is 0 Å². The number of carbonyl (C=O) groups is 1. The van der Waals surface area contributed by atoms with Crippen LogP contribution in [0.3, 0.4) is 0 Å². The molecular formula is C17H20N4O2. The summed E-state index contributed by atoms with van der Waals surface area (Å²) in [5, 5.41) is 14.0. The molecule has 2 N–H and O–H groups in total. The average molecular weight is 312 g/mol. The van der Waals surface area contributed by atoms with Gasteiger partial charge in [0.25, 0.3) is 5.91 Å². The molecule has 1 aromatic carbocycles. The molecule has 2 aromatic rings. The van der Waals surface area contributed by atoms with E-state index < -0.39 is 0 Å². The summed E-state index contributed by atoms with van der Waals surface area (Å²) in [6.07, 6.45) is 2.45. The molecule has 3 rings (SSSR count). The van der Waals surface area contributed by atoms with Gasteiger partial charge >= 0.3 is 0 Å². The van der Waals surface area contributed by atoms with E-state index in [2.05, 4.69) is 20.8 Å². The van der Waals surface area contributed by atoms with Crippen LogP contribution in [-0.2, 0) is 0 Å². The lowest BCUT2D eigenvalue weighted by Gasteiger charge is -2.10. The number of aromatic nitrogens is 2. The fraction of sp³-hybridized carbons (Fsp3) is 0.353. The second-order valence-electron chi connectivity index (χ2n) is 5.87. The van der Waals surface area contributed by atoms with Gasteiger partial charge in [0.15, 0.2) is 5.69 Å². The Labute approximate surface area is 135 Å². The molecule has 120 valence electrons. The van der Waals surface area contributed by atoms with E-state index in [0.29, 0.717) is 17.5 Å². The first-order chi connectivity index (χ1) is 11.1. The summed E-state index contributed by atoms with van der Waals surface area (Å²) in [7, 11) is 0. The van der Waals surface area contributed by atoms with Gasteiger partial charge in [0.1, 0.15) is 11.6 Å². The van der Waals surface area contributed by atoms with Crippen LogP contribution >= 0.6 is 0 Å². The summed E-state index contributed by atoms with van der Waals surface area (Å²) in [6.45, 7) is 3.94. The van der Waals surface area contributed by atoms with Gasteiger partial charge in [-0.15, -0.1) is 10.2 Å². The summed E-state index contributed by atoms with van der Waals surface area (Å²) in [6, 6.07) is 11.2. The molecule has 0 bridgehead atoms. The lowest BCUT2D eigenvalue weighted by molar-refractivity contribution is 0.102. The quantitative estimate of drug-likeness (QED) is 0.857. The van der Waals surface area contributed by atoms with Crippen LogP contribution in [0.1, 0.15) is 37.2 Å². The predicted octanol–water partition coefficient (Wildman–Crippen LogP) is 3.09. The van der Waals surface area contributed by atoms with Gasteiger partial charge in [0.2, 0.25) is 0 Å². The van der Waals surface area contributed by atoms with E-state index in [4.69, 9.17) is 4.74 Å². The van der Waals surface area contributed by atoms with Crippen molar-refractivity contribution in [2.45, 2.75) is 38.8 Å². The van der Waals surface area contributed by atoms with Gasteiger partial charge in [0.05, 0.1) is 6.10 Å². The maximum absolute atomic E-state index is 12.2. The molecule has 0 spiro atoms. The molecule has 23 heavy (non-hydrogen) atoms. The molecule has 0 saturated heterocycles. The van der Waals surface area contributed by atoms with Gasteiger partial charge in [-0.3, -0.25) is 4.79 Å². The maximum Gasteiger partial charge on any atom is 0.276 e. The molecule has 1 heterocycles. The zero-order chi connectivity index (χ0) is 16.2. The van der Waals surface area contributed by atoms with Gasteiger partial charge in [-0.25, -0.2) is 0 Å². The molecule has 0 aliphatic heterocycles. The van der Waals surface area contributed by atoms with Gasteiger partial charge in [-0.1, -0.05) is 0 Å². The Kier molecular flexibility index (Phi) is 4.41. The second kappa shape index (κ2) is 6.64. The van der Waals surface area contributed by atoms with Crippen LogP contribution in [0.15, 0.2) is 36.4 Å². The Hall–Kier alpha value is -2.63. The van der Waals surface area contributed by atoms with E-state index in [1.807, 2.05) is 26.0 Å². The molecule has 1 aromatic heterocycles. The maximum atomic E-state index is 12.2. The number of ether oxygens (including phenoxy) is 1.